The van der Waals surface area contributed by atoms with Crippen LogP contribution in [0.25, 0.3) is 6.08 Å². The van der Waals surface area contributed by atoms with Crippen molar-refractivity contribution in [3.05, 3.63) is 40.4 Å². The SMILES string of the molecule is C/C(=C/c1ccccc1Cl)C(=O)NC1CCC(O)CC1. The molecule has 2 rings (SSSR count). The molecule has 1 aromatic rings. The lowest BCUT2D eigenvalue weighted by Gasteiger charge is -2.26. The van der Waals surface area contributed by atoms with E-state index in [-0.39, 0.29) is 18.1 Å². The molecule has 108 valence electrons. The maximum Gasteiger partial charge on any atom is 0.247 e. The molecular weight excluding hydrogens is 274 g/mol. The van der Waals surface area contributed by atoms with Crippen LogP contribution in [0.2, 0.25) is 5.02 Å². The summed E-state index contributed by atoms with van der Waals surface area (Å²) < 4.78 is 0. The third-order valence-electron chi connectivity index (χ3n) is 3.67. The first-order valence-electron chi connectivity index (χ1n) is 6.98. The van der Waals surface area contributed by atoms with E-state index in [1.165, 1.54) is 0 Å². The Morgan fingerprint density at radius 2 is 1.95 bits per heavy atom. The number of nitrogens with one attached hydrogen (secondary N) is 1. The van der Waals surface area contributed by atoms with Gasteiger partial charge in [0.15, 0.2) is 0 Å². The lowest BCUT2D eigenvalue weighted by atomic mass is 9.93. The summed E-state index contributed by atoms with van der Waals surface area (Å²) in [6.45, 7) is 1.79. The first-order valence-corrected chi connectivity index (χ1v) is 7.36. The highest BCUT2D eigenvalue weighted by atomic mass is 35.5. The van der Waals surface area contributed by atoms with Gasteiger partial charge in [0.05, 0.1) is 6.10 Å². The van der Waals surface area contributed by atoms with Crippen LogP contribution < -0.4 is 5.32 Å². The first-order chi connectivity index (χ1) is 9.56. The Balaban J connectivity index is 1.97. The molecule has 0 spiro atoms. The molecule has 0 saturated heterocycles. The molecule has 4 heteroatoms. The second-order valence-electron chi connectivity index (χ2n) is 5.33. The van der Waals surface area contributed by atoms with Crippen LogP contribution in [0.4, 0.5) is 0 Å². The zero-order chi connectivity index (χ0) is 14.5. The Kier molecular flexibility index (Phi) is 5.21. The second-order valence-corrected chi connectivity index (χ2v) is 5.73. The molecule has 1 amide bonds. The largest absolute Gasteiger partial charge is 0.393 e. The van der Waals surface area contributed by atoms with Crippen LogP contribution in [0.15, 0.2) is 29.8 Å². The van der Waals surface area contributed by atoms with Gasteiger partial charge >= 0.3 is 0 Å². The highest BCUT2D eigenvalue weighted by Crippen LogP contribution is 2.20. The standard InChI is InChI=1S/C16H20ClNO2/c1-11(10-12-4-2-3-5-15(12)17)16(20)18-13-6-8-14(19)9-7-13/h2-5,10,13-14,19H,6-9H2,1H3,(H,18,20)/b11-10-. The number of carbonyl (C=O) groups excluding carboxylic acids is 1. The van der Waals surface area contributed by atoms with Gasteiger partial charge in [0.1, 0.15) is 0 Å². The number of halogens is 1. The Morgan fingerprint density at radius 1 is 1.30 bits per heavy atom. The molecule has 1 aliphatic rings. The number of aliphatic hydroxyl groups is 1. The number of hydrogen-bond donors (Lipinski definition) is 2. The van der Waals surface area contributed by atoms with E-state index in [9.17, 15) is 9.90 Å². The molecule has 0 aromatic heterocycles. The lowest BCUT2D eigenvalue weighted by molar-refractivity contribution is -0.118. The smallest absolute Gasteiger partial charge is 0.247 e. The Hall–Kier alpha value is -1.32. The number of rotatable bonds is 3. The van der Waals surface area contributed by atoms with Gasteiger partial charge in [0.2, 0.25) is 5.91 Å². The van der Waals surface area contributed by atoms with Crippen molar-refractivity contribution in [2.75, 3.05) is 0 Å². The van der Waals surface area contributed by atoms with Crippen LogP contribution >= 0.6 is 11.6 Å². The van der Waals surface area contributed by atoms with Gasteiger partial charge in [-0.15, -0.1) is 0 Å². The minimum Gasteiger partial charge on any atom is -0.393 e. The normalized spacial score (nSPS) is 23.4. The molecule has 0 heterocycles. The molecule has 1 aromatic carbocycles. The fourth-order valence-electron chi connectivity index (χ4n) is 2.41. The number of carbonyl (C=O) groups is 1. The monoisotopic (exact) mass is 293 g/mol. The molecule has 0 radical (unpaired) electrons. The maximum absolute atomic E-state index is 12.1. The van der Waals surface area contributed by atoms with Crippen molar-refractivity contribution in [1.29, 1.82) is 0 Å². The van der Waals surface area contributed by atoms with Gasteiger partial charge in [-0.1, -0.05) is 29.8 Å². The number of benzene rings is 1. The number of hydrogen-bond acceptors (Lipinski definition) is 2. The van der Waals surface area contributed by atoms with Gasteiger partial charge in [-0.2, -0.15) is 0 Å². The van der Waals surface area contributed by atoms with E-state index in [1.807, 2.05) is 18.2 Å². The molecule has 1 fully saturated rings. The van der Waals surface area contributed by atoms with Crippen molar-refractivity contribution in [3.63, 3.8) is 0 Å². The Morgan fingerprint density at radius 3 is 2.60 bits per heavy atom. The molecular formula is C16H20ClNO2. The molecule has 0 unspecified atom stereocenters. The van der Waals surface area contributed by atoms with Gasteiger partial charge in [0, 0.05) is 16.6 Å². The highest BCUT2D eigenvalue weighted by molar-refractivity contribution is 6.32. The van der Waals surface area contributed by atoms with Gasteiger partial charge in [-0.25, -0.2) is 0 Å². The van der Waals surface area contributed by atoms with Crippen LogP contribution in [0.5, 0.6) is 0 Å². The van der Waals surface area contributed by atoms with Crippen molar-refractivity contribution >= 4 is 23.6 Å². The molecule has 0 bridgehead atoms. The molecule has 1 aliphatic carbocycles. The highest BCUT2D eigenvalue weighted by Gasteiger charge is 2.21. The fourth-order valence-corrected chi connectivity index (χ4v) is 2.60. The van der Waals surface area contributed by atoms with E-state index in [2.05, 4.69) is 5.32 Å². The van der Waals surface area contributed by atoms with Crippen LogP contribution in [-0.4, -0.2) is 23.2 Å². The zero-order valence-electron chi connectivity index (χ0n) is 11.6. The average Bonchev–Trinajstić information content (AvgIpc) is 2.44. The summed E-state index contributed by atoms with van der Waals surface area (Å²) in [5, 5.41) is 13.1. The molecule has 0 aliphatic heterocycles. The second kappa shape index (κ2) is 6.91. The molecule has 0 atom stereocenters. The van der Waals surface area contributed by atoms with Crippen molar-refractivity contribution in [3.8, 4) is 0 Å². The van der Waals surface area contributed by atoms with Gasteiger partial charge in [0.25, 0.3) is 0 Å². The van der Waals surface area contributed by atoms with E-state index in [0.717, 1.165) is 31.2 Å². The summed E-state index contributed by atoms with van der Waals surface area (Å²) in [7, 11) is 0. The minimum absolute atomic E-state index is 0.0636. The molecule has 20 heavy (non-hydrogen) atoms. The lowest BCUT2D eigenvalue weighted by Crippen LogP contribution is -2.38. The zero-order valence-corrected chi connectivity index (χ0v) is 12.4. The summed E-state index contributed by atoms with van der Waals surface area (Å²) in [6.07, 6.45) is 4.80. The number of aliphatic hydroxyl groups excluding tert-OH is 1. The van der Waals surface area contributed by atoms with E-state index in [1.54, 1.807) is 19.1 Å². The summed E-state index contributed by atoms with van der Waals surface area (Å²) >= 11 is 6.08. The third-order valence-corrected chi connectivity index (χ3v) is 4.01. The fraction of sp³-hybridized carbons (Fsp3) is 0.438. The predicted molar refractivity (Wildman–Crippen MR) is 81.5 cm³/mol. The summed E-state index contributed by atoms with van der Waals surface area (Å²) in [4.78, 5) is 12.1. The third kappa shape index (κ3) is 4.09. The average molecular weight is 294 g/mol. The van der Waals surface area contributed by atoms with E-state index in [4.69, 9.17) is 11.6 Å². The van der Waals surface area contributed by atoms with Gasteiger partial charge < -0.3 is 10.4 Å². The first kappa shape index (κ1) is 15.1. The van der Waals surface area contributed by atoms with Crippen molar-refractivity contribution in [1.82, 2.24) is 5.32 Å². The molecule has 3 nitrogen and oxygen atoms in total. The summed E-state index contributed by atoms with van der Waals surface area (Å²) in [5.41, 5.74) is 1.49. The van der Waals surface area contributed by atoms with E-state index < -0.39 is 0 Å². The summed E-state index contributed by atoms with van der Waals surface area (Å²) in [6, 6.07) is 7.62. The molecule has 2 N–H and O–H groups in total. The van der Waals surface area contributed by atoms with Gasteiger partial charge in [-0.05, 0) is 50.3 Å². The minimum atomic E-state index is -0.206. The van der Waals surface area contributed by atoms with Crippen LogP contribution in [0.3, 0.4) is 0 Å². The van der Waals surface area contributed by atoms with Gasteiger partial charge in [-0.3, -0.25) is 4.79 Å². The summed E-state index contributed by atoms with van der Waals surface area (Å²) in [5.74, 6) is -0.0636. The van der Waals surface area contributed by atoms with Crippen LogP contribution in [0.1, 0.15) is 38.2 Å². The quantitative estimate of drug-likeness (QED) is 0.841. The topological polar surface area (TPSA) is 49.3 Å². The van der Waals surface area contributed by atoms with E-state index in [0.29, 0.717) is 10.6 Å². The van der Waals surface area contributed by atoms with Crippen LogP contribution in [0, 0.1) is 0 Å². The Bertz CT molecular complexity index is 505. The number of amides is 1. The molecule has 1 saturated carbocycles. The van der Waals surface area contributed by atoms with Crippen molar-refractivity contribution in [2.24, 2.45) is 0 Å². The Labute approximate surface area is 124 Å². The maximum atomic E-state index is 12.1. The van der Waals surface area contributed by atoms with Crippen molar-refractivity contribution in [2.45, 2.75) is 44.8 Å². The van der Waals surface area contributed by atoms with Crippen LogP contribution in [-0.2, 0) is 4.79 Å². The van der Waals surface area contributed by atoms with Crippen molar-refractivity contribution < 1.29 is 9.90 Å². The predicted octanol–water partition coefficient (Wildman–Crippen LogP) is 3.16. The van der Waals surface area contributed by atoms with E-state index >= 15 is 0 Å².